The summed E-state index contributed by atoms with van der Waals surface area (Å²) in [6, 6.07) is 2.14. The van der Waals surface area contributed by atoms with E-state index in [4.69, 9.17) is 4.74 Å². The van der Waals surface area contributed by atoms with E-state index in [0.29, 0.717) is 12.5 Å². The van der Waals surface area contributed by atoms with Gasteiger partial charge in [0.15, 0.2) is 5.96 Å². The van der Waals surface area contributed by atoms with Crippen molar-refractivity contribution in [2.75, 3.05) is 20.2 Å². The monoisotopic (exact) mass is 446 g/mol. The molecule has 1 aromatic rings. The zero-order valence-electron chi connectivity index (χ0n) is 13.5. The van der Waals surface area contributed by atoms with E-state index < -0.39 is 11.7 Å². The molecular weight excluding hydrogens is 424 g/mol. The van der Waals surface area contributed by atoms with Gasteiger partial charge in [-0.25, -0.2) is 4.98 Å². The Morgan fingerprint density at radius 3 is 2.35 bits per heavy atom. The van der Waals surface area contributed by atoms with Crippen molar-refractivity contribution < 1.29 is 17.9 Å². The Morgan fingerprint density at radius 2 is 1.91 bits per heavy atom. The quantitative estimate of drug-likeness (QED) is 0.323. The molecule has 2 N–H and O–H groups in total. The van der Waals surface area contributed by atoms with E-state index in [9.17, 15) is 13.2 Å². The molecule has 0 aliphatic rings. The van der Waals surface area contributed by atoms with E-state index in [1.807, 2.05) is 20.8 Å². The highest BCUT2D eigenvalue weighted by molar-refractivity contribution is 14.0. The van der Waals surface area contributed by atoms with E-state index in [2.05, 4.69) is 20.6 Å². The van der Waals surface area contributed by atoms with Crippen LogP contribution in [0.1, 0.15) is 26.3 Å². The maximum Gasteiger partial charge on any atom is 0.417 e. The van der Waals surface area contributed by atoms with Crippen LogP contribution in [-0.2, 0) is 6.18 Å². The van der Waals surface area contributed by atoms with Gasteiger partial charge in [-0.1, -0.05) is 0 Å². The lowest BCUT2D eigenvalue weighted by Gasteiger charge is -2.23. The minimum Gasteiger partial charge on any atom is -0.476 e. The zero-order valence-corrected chi connectivity index (χ0v) is 15.8. The first-order valence-corrected chi connectivity index (χ1v) is 6.77. The summed E-state index contributed by atoms with van der Waals surface area (Å²) < 4.78 is 42.4. The van der Waals surface area contributed by atoms with Crippen LogP contribution >= 0.6 is 24.0 Å². The van der Waals surface area contributed by atoms with Gasteiger partial charge in [-0.2, -0.15) is 13.2 Å². The van der Waals surface area contributed by atoms with Crippen molar-refractivity contribution in [1.29, 1.82) is 0 Å². The van der Waals surface area contributed by atoms with Gasteiger partial charge < -0.3 is 15.4 Å². The first-order chi connectivity index (χ1) is 10.1. The van der Waals surface area contributed by atoms with Gasteiger partial charge in [0, 0.05) is 24.8 Å². The van der Waals surface area contributed by atoms with Crippen LogP contribution in [0.4, 0.5) is 13.2 Å². The molecule has 5 nitrogen and oxygen atoms in total. The van der Waals surface area contributed by atoms with Crippen LogP contribution in [0.25, 0.3) is 0 Å². The maximum absolute atomic E-state index is 12.4. The van der Waals surface area contributed by atoms with E-state index >= 15 is 0 Å². The van der Waals surface area contributed by atoms with E-state index in [1.54, 1.807) is 7.05 Å². The summed E-state index contributed by atoms with van der Waals surface area (Å²) in [7, 11) is 1.65. The number of nitrogens with one attached hydrogen (secondary N) is 2. The largest absolute Gasteiger partial charge is 0.476 e. The van der Waals surface area contributed by atoms with Crippen LogP contribution in [0, 0.1) is 0 Å². The third-order valence-electron chi connectivity index (χ3n) is 2.43. The standard InChI is InChI=1S/C14H21F3N4O.HI/c1-13(2,3)21-12(18-4)19-7-8-22-11-6-5-10(9-20-11)14(15,16)17;/h5-6,9H,7-8H2,1-4H3,(H2,18,19,21);1H. The SMILES string of the molecule is CN=C(NCCOc1ccc(C(F)(F)F)cn1)NC(C)(C)C.I. The molecule has 0 aliphatic heterocycles. The average Bonchev–Trinajstić information content (AvgIpc) is 2.40. The molecule has 0 unspecified atom stereocenters. The Hall–Kier alpha value is -1.26. The number of alkyl halides is 3. The predicted octanol–water partition coefficient (Wildman–Crippen LogP) is 3.06. The molecule has 0 aromatic carbocycles. The third-order valence-corrected chi connectivity index (χ3v) is 2.43. The van der Waals surface area contributed by atoms with Crippen LogP contribution < -0.4 is 15.4 Å². The molecule has 132 valence electrons. The molecule has 0 spiro atoms. The summed E-state index contributed by atoms with van der Waals surface area (Å²) in [6.45, 7) is 6.70. The smallest absolute Gasteiger partial charge is 0.417 e. The topological polar surface area (TPSA) is 58.5 Å². The van der Waals surface area contributed by atoms with Crippen LogP contribution in [0.2, 0.25) is 0 Å². The molecule has 0 bridgehead atoms. The predicted molar refractivity (Wildman–Crippen MR) is 94.4 cm³/mol. The molecule has 0 radical (unpaired) electrons. The van der Waals surface area contributed by atoms with Crippen molar-refractivity contribution in [3.05, 3.63) is 23.9 Å². The molecule has 0 aliphatic carbocycles. The summed E-state index contributed by atoms with van der Waals surface area (Å²) in [5.41, 5.74) is -0.926. The van der Waals surface area contributed by atoms with Crippen molar-refractivity contribution in [3.63, 3.8) is 0 Å². The number of aromatic nitrogens is 1. The van der Waals surface area contributed by atoms with Crippen LogP contribution in [-0.4, -0.2) is 36.7 Å². The first-order valence-electron chi connectivity index (χ1n) is 6.77. The molecule has 0 fully saturated rings. The number of rotatable bonds is 4. The van der Waals surface area contributed by atoms with Crippen LogP contribution in [0.15, 0.2) is 23.3 Å². The molecule has 1 rings (SSSR count). The van der Waals surface area contributed by atoms with Gasteiger partial charge in [-0.05, 0) is 26.8 Å². The second-order valence-corrected chi connectivity index (χ2v) is 5.61. The number of guanidine groups is 1. The number of ether oxygens (including phenoxy) is 1. The lowest BCUT2D eigenvalue weighted by molar-refractivity contribution is -0.137. The molecular formula is C14H22F3IN4O. The highest BCUT2D eigenvalue weighted by atomic mass is 127. The summed E-state index contributed by atoms with van der Waals surface area (Å²) in [5, 5.41) is 6.21. The number of halogens is 4. The van der Waals surface area contributed by atoms with Gasteiger partial charge in [0.2, 0.25) is 5.88 Å². The highest BCUT2D eigenvalue weighted by Crippen LogP contribution is 2.29. The summed E-state index contributed by atoms with van der Waals surface area (Å²) in [6.07, 6.45) is -3.64. The fourth-order valence-electron chi connectivity index (χ4n) is 1.49. The van der Waals surface area contributed by atoms with Crippen LogP contribution in [0.3, 0.4) is 0 Å². The van der Waals surface area contributed by atoms with E-state index in [0.717, 1.165) is 12.3 Å². The molecule has 0 saturated heterocycles. The van der Waals surface area contributed by atoms with Crippen LogP contribution in [0.5, 0.6) is 5.88 Å². The van der Waals surface area contributed by atoms with Crippen molar-refractivity contribution >= 4 is 29.9 Å². The second-order valence-electron chi connectivity index (χ2n) is 5.61. The molecule has 0 amide bonds. The Kier molecular flexibility index (Phi) is 8.64. The molecule has 1 heterocycles. The number of hydrogen-bond donors (Lipinski definition) is 2. The third kappa shape index (κ3) is 8.82. The van der Waals surface area contributed by atoms with Gasteiger partial charge >= 0.3 is 6.18 Å². The fourth-order valence-corrected chi connectivity index (χ4v) is 1.49. The number of pyridine rings is 1. The second kappa shape index (κ2) is 9.14. The average molecular weight is 446 g/mol. The van der Waals surface area contributed by atoms with Gasteiger partial charge in [0.25, 0.3) is 0 Å². The van der Waals surface area contributed by atoms with Crippen molar-refractivity contribution in [2.24, 2.45) is 4.99 Å². The first kappa shape index (κ1) is 21.7. The highest BCUT2D eigenvalue weighted by Gasteiger charge is 2.30. The van der Waals surface area contributed by atoms with Gasteiger partial charge in [0.05, 0.1) is 12.1 Å². The molecule has 23 heavy (non-hydrogen) atoms. The van der Waals surface area contributed by atoms with E-state index in [1.165, 1.54) is 6.07 Å². The Morgan fingerprint density at radius 1 is 1.26 bits per heavy atom. The minimum absolute atomic E-state index is 0. The van der Waals surface area contributed by atoms with Crippen molar-refractivity contribution in [1.82, 2.24) is 15.6 Å². The number of nitrogens with zero attached hydrogens (tertiary/aromatic N) is 2. The lowest BCUT2D eigenvalue weighted by Crippen LogP contribution is -2.48. The normalized spacial score (nSPS) is 12.4. The Bertz CT molecular complexity index is 498. The zero-order chi connectivity index (χ0) is 16.8. The minimum atomic E-state index is -4.39. The van der Waals surface area contributed by atoms with Gasteiger partial charge in [0.1, 0.15) is 6.61 Å². The maximum atomic E-state index is 12.4. The summed E-state index contributed by atoms with van der Waals surface area (Å²) in [4.78, 5) is 7.68. The summed E-state index contributed by atoms with van der Waals surface area (Å²) >= 11 is 0. The van der Waals surface area contributed by atoms with Gasteiger partial charge in [-0.15, -0.1) is 24.0 Å². The van der Waals surface area contributed by atoms with Gasteiger partial charge in [-0.3, -0.25) is 4.99 Å². The van der Waals surface area contributed by atoms with Crippen molar-refractivity contribution in [2.45, 2.75) is 32.5 Å². The molecule has 0 atom stereocenters. The Balaban J connectivity index is 0.00000484. The fraction of sp³-hybridized carbons (Fsp3) is 0.571. The number of aliphatic imine (C=N–C) groups is 1. The Labute approximate surface area is 151 Å². The van der Waals surface area contributed by atoms with Crippen molar-refractivity contribution in [3.8, 4) is 5.88 Å². The van der Waals surface area contributed by atoms with E-state index in [-0.39, 0.29) is 42.0 Å². The molecule has 9 heteroatoms. The lowest BCUT2D eigenvalue weighted by atomic mass is 10.1. The summed E-state index contributed by atoms with van der Waals surface area (Å²) in [5.74, 6) is 0.769. The number of hydrogen-bond acceptors (Lipinski definition) is 3. The molecule has 0 saturated carbocycles. The molecule has 1 aromatic heterocycles.